The van der Waals surface area contributed by atoms with Crippen molar-refractivity contribution in [1.82, 2.24) is 0 Å². The summed E-state index contributed by atoms with van der Waals surface area (Å²) in [6, 6.07) is 16.0. The van der Waals surface area contributed by atoms with E-state index in [-0.39, 0.29) is 86.4 Å². The Morgan fingerprint density at radius 3 is 1.95 bits per heavy atom. The Kier molecular flexibility index (Phi) is 8.74. The Balaban J connectivity index is 0.00000162. The summed E-state index contributed by atoms with van der Waals surface area (Å²) in [5.74, 6) is 0.372. The Labute approximate surface area is 180 Å². The van der Waals surface area contributed by atoms with Gasteiger partial charge in [0, 0.05) is 0 Å². The van der Waals surface area contributed by atoms with Crippen LogP contribution in [0.15, 0.2) is 48.5 Å². The fourth-order valence-electron chi connectivity index (χ4n) is 1.95. The number of rotatable bonds is 1. The molecule has 0 heterocycles. The van der Waals surface area contributed by atoms with Crippen LogP contribution >= 0.6 is 0 Å². The molecule has 2 rings (SSSR count). The summed E-state index contributed by atoms with van der Waals surface area (Å²) in [5, 5.41) is 9.92. The Morgan fingerprint density at radius 2 is 1.42 bits per heavy atom. The van der Waals surface area contributed by atoms with E-state index in [4.69, 9.17) is 0 Å². The van der Waals surface area contributed by atoms with Crippen molar-refractivity contribution in [3.8, 4) is 16.9 Å². The first-order valence-corrected chi connectivity index (χ1v) is 5.87. The van der Waals surface area contributed by atoms with Crippen LogP contribution in [0.2, 0.25) is 0 Å². The van der Waals surface area contributed by atoms with E-state index in [1.54, 1.807) is 6.07 Å². The normalized spacial score (nSPS) is 10.3. The summed E-state index contributed by atoms with van der Waals surface area (Å²) in [7, 11) is 0. The molecular weight excluding hydrogens is 270 g/mol. The number of phenolic OH excluding ortho intramolecular Hbond substituents is 1. The molecule has 0 fully saturated rings. The van der Waals surface area contributed by atoms with Crippen LogP contribution in [0.25, 0.3) is 11.1 Å². The predicted molar refractivity (Wildman–Crippen MR) is 86.5 cm³/mol. The van der Waals surface area contributed by atoms with Crippen molar-refractivity contribution in [2.24, 2.45) is 0 Å². The zero-order valence-corrected chi connectivity index (χ0v) is 10.6. The van der Waals surface area contributed by atoms with Gasteiger partial charge in [0.25, 0.3) is 0 Å². The second kappa shape index (κ2) is 8.35. The van der Waals surface area contributed by atoms with Gasteiger partial charge in [-0.25, -0.2) is 0 Å². The van der Waals surface area contributed by atoms with Crippen molar-refractivity contribution < 1.29 is 5.11 Å². The van der Waals surface area contributed by atoms with E-state index in [0.29, 0.717) is 5.75 Å². The molecule has 0 amide bonds. The van der Waals surface area contributed by atoms with Gasteiger partial charge >= 0.3 is 80.9 Å². The molecule has 92 valence electrons. The quantitative estimate of drug-likeness (QED) is 0.800. The van der Waals surface area contributed by atoms with Gasteiger partial charge in [0.2, 0.25) is 0 Å². The number of benzene rings is 2. The molecule has 0 unspecified atom stereocenters. The first kappa shape index (κ1) is 19.9. The topological polar surface area (TPSA) is 20.2 Å². The molecule has 0 saturated carbocycles. The van der Waals surface area contributed by atoms with Gasteiger partial charge < -0.3 is 5.11 Å². The van der Waals surface area contributed by atoms with Gasteiger partial charge in [-0.1, -0.05) is 57.2 Å². The van der Waals surface area contributed by atoms with E-state index >= 15 is 0 Å². The molecule has 19 heavy (non-hydrogen) atoms. The van der Waals surface area contributed by atoms with E-state index < -0.39 is 0 Å². The average molecular weight is 290 g/mol. The summed E-state index contributed by atoms with van der Waals surface area (Å²) in [6.07, 6.45) is 0. The van der Waals surface area contributed by atoms with Crippen LogP contribution < -0.4 is 0 Å². The summed E-state index contributed by atoms with van der Waals surface area (Å²) in [4.78, 5) is 0. The second-order valence-electron chi connectivity index (χ2n) is 5.35. The van der Waals surface area contributed by atoms with Crippen LogP contribution in [-0.2, 0) is 5.41 Å². The van der Waals surface area contributed by atoms with E-state index in [1.807, 2.05) is 24.3 Å². The van der Waals surface area contributed by atoms with Gasteiger partial charge in [-0.2, -0.15) is 0 Å². The molecule has 0 saturated heterocycles. The molecule has 3 heteroatoms. The third-order valence-corrected chi connectivity index (χ3v) is 2.91. The molecule has 0 aliphatic rings. The number of hydrogen-bond donors (Lipinski definition) is 1. The molecule has 0 bridgehead atoms. The van der Waals surface area contributed by atoms with Crippen molar-refractivity contribution in [3.05, 3.63) is 54.1 Å². The van der Waals surface area contributed by atoms with E-state index in [9.17, 15) is 5.11 Å². The molecule has 0 aliphatic heterocycles. The predicted octanol–water partition coefficient (Wildman–Crippen LogP) is 3.06. The van der Waals surface area contributed by atoms with Gasteiger partial charge in [-0.05, 0) is 34.2 Å². The molecule has 0 atom stereocenters. The van der Waals surface area contributed by atoms with Crippen molar-refractivity contribution in [2.75, 3.05) is 0 Å². The Hall–Kier alpha value is 0.876. The van der Waals surface area contributed by atoms with Crippen molar-refractivity contribution in [2.45, 2.75) is 26.2 Å². The summed E-state index contributed by atoms with van der Waals surface area (Å²) in [5.41, 5.74) is 3.26. The van der Waals surface area contributed by atoms with Gasteiger partial charge in [0.1, 0.15) is 5.75 Å². The number of hydrogen-bond acceptors (Lipinski definition) is 1. The molecule has 2 aromatic carbocycles. The average Bonchev–Trinajstić information content (AvgIpc) is 2.29. The molecule has 2 aromatic rings. The molecule has 1 nitrogen and oxygen atoms in total. The minimum absolute atomic E-state index is 0. The third kappa shape index (κ3) is 5.29. The summed E-state index contributed by atoms with van der Waals surface area (Å²) < 4.78 is 0. The first-order valence-electron chi connectivity index (χ1n) is 5.87. The van der Waals surface area contributed by atoms with E-state index in [2.05, 4.69) is 39.0 Å². The molecule has 0 aliphatic carbocycles. The van der Waals surface area contributed by atoms with Crippen molar-refractivity contribution >= 4 is 80.9 Å². The first-order chi connectivity index (χ1) is 7.98. The van der Waals surface area contributed by atoms with Crippen LogP contribution in [0, 0.1) is 0 Å². The van der Waals surface area contributed by atoms with Crippen molar-refractivity contribution in [1.29, 1.82) is 0 Å². The molecule has 0 radical (unpaired) electrons. The number of aromatic hydroxyl groups is 1. The molecular formula is C16H20KNaO. The Morgan fingerprint density at radius 1 is 0.842 bits per heavy atom. The zero-order valence-electron chi connectivity index (χ0n) is 10.6. The second-order valence-corrected chi connectivity index (χ2v) is 5.35. The van der Waals surface area contributed by atoms with Gasteiger partial charge in [0.15, 0.2) is 0 Å². The summed E-state index contributed by atoms with van der Waals surface area (Å²) in [6.45, 7) is 6.32. The maximum absolute atomic E-state index is 9.92. The number of phenols is 1. The fraction of sp³-hybridized carbons (Fsp3) is 0.250. The van der Waals surface area contributed by atoms with Gasteiger partial charge in [-0.15, -0.1) is 0 Å². The van der Waals surface area contributed by atoms with Crippen LogP contribution in [0.4, 0.5) is 0 Å². The monoisotopic (exact) mass is 290 g/mol. The van der Waals surface area contributed by atoms with Crippen LogP contribution in [0.1, 0.15) is 26.3 Å². The van der Waals surface area contributed by atoms with Gasteiger partial charge in [0.05, 0.1) is 0 Å². The van der Waals surface area contributed by atoms with Crippen molar-refractivity contribution in [3.63, 3.8) is 0 Å². The Bertz CT molecular complexity index is 518. The SMILES string of the molecule is CC(C)(C)c1cc(-c2ccccc2)ccc1O.[KH].[NaH]. The van der Waals surface area contributed by atoms with Crippen LogP contribution in [-0.4, -0.2) is 86.0 Å². The fourth-order valence-corrected chi connectivity index (χ4v) is 1.95. The third-order valence-electron chi connectivity index (χ3n) is 2.91. The zero-order chi connectivity index (χ0) is 12.5. The standard InChI is InChI=1S/C16H18O.K.Na.2H/c1-16(2,3)14-11-13(9-10-15(14)17)12-7-5-4-6-8-12;;;;/h4-11,17H,1-3H3;;;;. The minimum atomic E-state index is -0.0468. The van der Waals surface area contributed by atoms with Crippen LogP contribution in [0.3, 0.4) is 0 Å². The van der Waals surface area contributed by atoms with E-state index in [0.717, 1.165) is 11.1 Å². The molecule has 0 spiro atoms. The molecule has 0 aromatic heterocycles. The maximum atomic E-state index is 9.92. The van der Waals surface area contributed by atoms with Gasteiger partial charge in [-0.3, -0.25) is 0 Å². The summed E-state index contributed by atoms with van der Waals surface area (Å²) >= 11 is 0. The molecule has 1 N–H and O–H groups in total. The van der Waals surface area contributed by atoms with E-state index in [1.165, 1.54) is 5.56 Å². The van der Waals surface area contributed by atoms with Crippen LogP contribution in [0.5, 0.6) is 5.75 Å².